The molecule has 7 heteroatoms. The van der Waals surface area contributed by atoms with Gasteiger partial charge in [0.1, 0.15) is 0 Å². The molecule has 0 bridgehead atoms. The third-order valence-corrected chi connectivity index (χ3v) is 4.65. The molecule has 0 N–H and O–H groups in total. The second kappa shape index (κ2) is 6.40. The van der Waals surface area contributed by atoms with Crippen LogP contribution in [0.2, 0.25) is 0 Å². The monoisotopic (exact) mass is 314 g/mol. The predicted octanol–water partition coefficient (Wildman–Crippen LogP) is 2.95. The van der Waals surface area contributed by atoms with Gasteiger partial charge in [-0.15, -0.1) is 0 Å². The summed E-state index contributed by atoms with van der Waals surface area (Å²) < 4.78 is 37.6. The van der Waals surface area contributed by atoms with Gasteiger partial charge in [-0.1, -0.05) is 19.3 Å². The van der Waals surface area contributed by atoms with Crippen molar-refractivity contribution < 1.29 is 13.2 Å². The summed E-state index contributed by atoms with van der Waals surface area (Å²) in [6.07, 6.45) is 3.88. The van der Waals surface area contributed by atoms with E-state index in [1.165, 1.54) is 32.1 Å². The Kier molecular flexibility index (Phi) is 4.52. The quantitative estimate of drug-likeness (QED) is 0.840. The summed E-state index contributed by atoms with van der Waals surface area (Å²) in [4.78, 5) is 12.3. The lowest BCUT2D eigenvalue weighted by molar-refractivity contribution is -0.138. The number of nitrogens with zero attached hydrogens (tertiary/aromatic N) is 4. The fourth-order valence-corrected chi connectivity index (χ4v) is 3.36. The van der Waals surface area contributed by atoms with Crippen molar-refractivity contribution in [1.29, 1.82) is 0 Å². The van der Waals surface area contributed by atoms with Crippen molar-refractivity contribution in [2.75, 3.05) is 31.1 Å². The molecule has 0 atom stereocenters. The van der Waals surface area contributed by atoms with Gasteiger partial charge in [-0.25, -0.2) is 9.97 Å². The molecule has 22 heavy (non-hydrogen) atoms. The van der Waals surface area contributed by atoms with Gasteiger partial charge in [-0.05, 0) is 12.8 Å². The molecule has 0 aromatic carbocycles. The highest BCUT2D eigenvalue weighted by molar-refractivity contribution is 5.31. The number of aromatic nitrogens is 2. The molecule has 0 spiro atoms. The van der Waals surface area contributed by atoms with Gasteiger partial charge in [-0.2, -0.15) is 13.2 Å². The summed E-state index contributed by atoms with van der Waals surface area (Å²) in [6.45, 7) is 3.44. The van der Waals surface area contributed by atoms with E-state index in [1.54, 1.807) is 0 Å². The van der Waals surface area contributed by atoms with Crippen LogP contribution >= 0.6 is 0 Å². The van der Waals surface area contributed by atoms with Crippen molar-refractivity contribution in [2.24, 2.45) is 0 Å². The highest BCUT2D eigenvalue weighted by atomic mass is 19.4. The summed E-state index contributed by atoms with van der Waals surface area (Å²) in [6, 6.07) is 0.685. The first-order chi connectivity index (χ1) is 10.5. The predicted molar refractivity (Wildman–Crippen MR) is 77.7 cm³/mol. The van der Waals surface area contributed by atoms with Gasteiger partial charge in [-0.3, -0.25) is 4.90 Å². The van der Waals surface area contributed by atoms with Crippen LogP contribution in [-0.2, 0) is 6.18 Å². The zero-order chi connectivity index (χ0) is 15.6. The summed E-state index contributed by atoms with van der Waals surface area (Å²) in [5, 5.41) is 0. The topological polar surface area (TPSA) is 32.3 Å². The lowest BCUT2D eigenvalue weighted by atomic mass is 9.94. The summed E-state index contributed by atoms with van der Waals surface area (Å²) in [7, 11) is 0. The number of hydrogen-bond acceptors (Lipinski definition) is 4. The first-order valence-corrected chi connectivity index (χ1v) is 7.92. The van der Waals surface area contributed by atoms with Gasteiger partial charge in [0, 0.05) is 44.6 Å². The average Bonchev–Trinajstić information content (AvgIpc) is 2.55. The van der Waals surface area contributed by atoms with Gasteiger partial charge < -0.3 is 4.90 Å². The van der Waals surface area contributed by atoms with E-state index < -0.39 is 11.7 Å². The minimum absolute atomic E-state index is 0.399. The molecule has 1 aromatic heterocycles. The molecule has 1 aliphatic heterocycles. The van der Waals surface area contributed by atoms with E-state index in [0.29, 0.717) is 12.0 Å². The lowest BCUT2D eigenvalue weighted by Gasteiger charge is -2.40. The maximum Gasteiger partial charge on any atom is 0.419 e. The van der Waals surface area contributed by atoms with E-state index in [9.17, 15) is 13.2 Å². The van der Waals surface area contributed by atoms with E-state index in [2.05, 4.69) is 14.9 Å². The second-order valence-electron chi connectivity index (χ2n) is 6.08. The van der Waals surface area contributed by atoms with Gasteiger partial charge in [0.15, 0.2) is 0 Å². The Labute approximate surface area is 128 Å². The highest BCUT2D eigenvalue weighted by Gasteiger charge is 2.32. The van der Waals surface area contributed by atoms with Crippen molar-refractivity contribution in [3.63, 3.8) is 0 Å². The number of anilines is 1. The number of alkyl halides is 3. The van der Waals surface area contributed by atoms with Crippen LogP contribution in [0, 0.1) is 0 Å². The van der Waals surface area contributed by atoms with E-state index >= 15 is 0 Å². The Balaban J connectivity index is 1.57. The normalized spacial score (nSPS) is 22.0. The lowest BCUT2D eigenvalue weighted by Crippen LogP contribution is -2.51. The van der Waals surface area contributed by atoms with Gasteiger partial charge >= 0.3 is 6.18 Å². The molecule has 2 fully saturated rings. The molecule has 2 heterocycles. The molecule has 1 saturated heterocycles. The molecule has 0 radical (unpaired) electrons. The molecule has 4 nitrogen and oxygen atoms in total. The minimum Gasteiger partial charge on any atom is -0.338 e. The number of hydrogen-bond donors (Lipinski definition) is 0. The third-order valence-electron chi connectivity index (χ3n) is 4.65. The highest BCUT2D eigenvalue weighted by Crippen LogP contribution is 2.29. The smallest absolute Gasteiger partial charge is 0.338 e. The maximum absolute atomic E-state index is 12.5. The second-order valence-corrected chi connectivity index (χ2v) is 6.08. The molecule has 0 amide bonds. The molecule has 1 aliphatic carbocycles. The van der Waals surface area contributed by atoms with Crippen molar-refractivity contribution in [1.82, 2.24) is 14.9 Å². The minimum atomic E-state index is -4.38. The van der Waals surface area contributed by atoms with Crippen LogP contribution in [-0.4, -0.2) is 47.1 Å². The van der Waals surface area contributed by atoms with Crippen molar-refractivity contribution in [3.05, 3.63) is 18.0 Å². The zero-order valence-electron chi connectivity index (χ0n) is 12.5. The molecule has 1 saturated carbocycles. The van der Waals surface area contributed by atoms with Gasteiger partial charge in [0.25, 0.3) is 0 Å². The SMILES string of the molecule is FC(F)(F)c1cnc(N2CCN(C3CCCCC3)CC2)nc1. The first-order valence-electron chi connectivity index (χ1n) is 7.92. The third kappa shape index (κ3) is 3.51. The maximum atomic E-state index is 12.5. The fraction of sp³-hybridized carbons (Fsp3) is 0.733. The molecule has 3 rings (SSSR count). The van der Waals surface area contributed by atoms with Crippen LogP contribution in [0.25, 0.3) is 0 Å². The van der Waals surface area contributed by atoms with Crippen molar-refractivity contribution in [3.8, 4) is 0 Å². The molecule has 0 unspecified atom stereocenters. The largest absolute Gasteiger partial charge is 0.419 e. The van der Waals surface area contributed by atoms with Gasteiger partial charge in [0.2, 0.25) is 5.95 Å². The van der Waals surface area contributed by atoms with E-state index in [4.69, 9.17) is 0 Å². The van der Waals surface area contributed by atoms with Crippen LogP contribution in [0.15, 0.2) is 12.4 Å². The van der Waals surface area contributed by atoms with Crippen LogP contribution in [0.3, 0.4) is 0 Å². The standard InChI is InChI=1S/C15H21F3N4/c16-15(17,18)12-10-19-14(20-11-12)22-8-6-21(7-9-22)13-4-2-1-3-5-13/h10-11,13H,1-9H2. The number of piperazine rings is 1. The number of halogens is 3. The molecule has 122 valence electrons. The number of rotatable bonds is 2. The molecule has 1 aromatic rings. The Morgan fingerprint density at radius 2 is 1.50 bits per heavy atom. The van der Waals surface area contributed by atoms with Crippen LogP contribution in [0.1, 0.15) is 37.7 Å². The van der Waals surface area contributed by atoms with Crippen LogP contribution < -0.4 is 4.90 Å². The summed E-state index contributed by atoms with van der Waals surface area (Å²) >= 11 is 0. The Morgan fingerprint density at radius 1 is 0.909 bits per heavy atom. The fourth-order valence-electron chi connectivity index (χ4n) is 3.36. The zero-order valence-corrected chi connectivity index (χ0v) is 12.5. The summed E-state index contributed by atoms with van der Waals surface area (Å²) in [5.74, 6) is 0.399. The van der Waals surface area contributed by atoms with Crippen LogP contribution in [0.5, 0.6) is 0 Å². The van der Waals surface area contributed by atoms with Crippen molar-refractivity contribution in [2.45, 2.75) is 44.3 Å². The Morgan fingerprint density at radius 3 is 2.05 bits per heavy atom. The van der Waals surface area contributed by atoms with E-state index in [0.717, 1.165) is 38.6 Å². The van der Waals surface area contributed by atoms with Crippen molar-refractivity contribution >= 4 is 5.95 Å². The molecular formula is C15H21F3N4. The van der Waals surface area contributed by atoms with E-state index in [1.807, 2.05) is 4.90 Å². The molecular weight excluding hydrogens is 293 g/mol. The Hall–Kier alpha value is -1.37. The van der Waals surface area contributed by atoms with Gasteiger partial charge in [0.05, 0.1) is 5.56 Å². The van der Waals surface area contributed by atoms with E-state index in [-0.39, 0.29) is 0 Å². The summed E-state index contributed by atoms with van der Waals surface area (Å²) in [5.41, 5.74) is -0.794. The Bertz CT molecular complexity index is 475. The van der Waals surface area contributed by atoms with Crippen LogP contribution in [0.4, 0.5) is 19.1 Å². The average molecular weight is 314 g/mol. The molecule has 2 aliphatic rings. The first kappa shape index (κ1) is 15.5.